The fourth-order valence-corrected chi connectivity index (χ4v) is 3.65. The molecule has 3 aromatic rings. The minimum Gasteiger partial charge on any atom is -0.463 e. The zero-order valence-electron chi connectivity index (χ0n) is 15.9. The second-order valence-corrected chi connectivity index (χ2v) is 7.31. The molecule has 27 heavy (non-hydrogen) atoms. The van der Waals surface area contributed by atoms with Crippen molar-refractivity contribution >= 4 is 17.0 Å². The largest absolute Gasteiger partial charge is 0.463 e. The molecule has 7 heteroatoms. The van der Waals surface area contributed by atoms with Crippen LogP contribution in [0.4, 0.5) is 0 Å². The van der Waals surface area contributed by atoms with Gasteiger partial charge in [0.2, 0.25) is 0 Å². The number of likely N-dealkylation sites (N-methyl/N-ethyl adjacent to an activating group) is 1. The number of carbonyl (C=O) groups is 1. The Bertz CT molecular complexity index is 946. The van der Waals surface area contributed by atoms with Crippen molar-refractivity contribution in [1.29, 1.82) is 0 Å². The Morgan fingerprint density at radius 1 is 1.41 bits per heavy atom. The summed E-state index contributed by atoms with van der Waals surface area (Å²) in [6.45, 7) is 5.50. The number of rotatable bonds is 4. The van der Waals surface area contributed by atoms with Crippen LogP contribution in [0.5, 0.6) is 0 Å². The second kappa shape index (κ2) is 7.15. The van der Waals surface area contributed by atoms with E-state index >= 15 is 0 Å². The Labute approximate surface area is 157 Å². The number of amides is 1. The van der Waals surface area contributed by atoms with Gasteiger partial charge in [0.25, 0.3) is 11.6 Å². The van der Waals surface area contributed by atoms with Crippen LogP contribution >= 0.6 is 0 Å². The van der Waals surface area contributed by atoms with Crippen LogP contribution in [-0.4, -0.2) is 47.1 Å². The number of piperidine rings is 1. The lowest BCUT2D eigenvalue weighted by Gasteiger charge is -2.32. The molecule has 0 saturated carbocycles. The van der Waals surface area contributed by atoms with Crippen molar-refractivity contribution in [3.05, 3.63) is 35.7 Å². The number of hydrogen-bond donors (Lipinski definition) is 1. The van der Waals surface area contributed by atoms with Gasteiger partial charge in [-0.05, 0) is 44.0 Å². The van der Waals surface area contributed by atoms with Crippen LogP contribution in [0.3, 0.4) is 0 Å². The van der Waals surface area contributed by atoms with E-state index in [1.165, 1.54) is 0 Å². The summed E-state index contributed by atoms with van der Waals surface area (Å²) < 4.78 is 11.0. The molecule has 1 aliphatic rings. The summed E-state index contributed by atoms with van der Waals surface area (Å²) in [5.41, 5.74) is 2.28. The standard InChI is InChI=1S/C20H24N4O3/c1-12(2)18-17-14(20(25)24-8-4-6-13(11-24)21-3)10-15(16-7-5-9-26-16)22-19(17)27-23-18/h5,7,9-10,12-13,21H,4,6,8,11H2,1-3H3. The third-order valence-electron chi connectivity index (χ3n) is 5.14. The maximum Gasteiger partial charge on any atom is 0.259 e. The van der Waals surface area contributed by atoms with Gasteiger partial charge in [-0.3, -0.25) is 4.79 Å². The Hall–Kier alpha value is -2.67. The Morgan fingerprint density at radius 2 is 2.26 bits per heavy atom. The first-order chi connectivity index (χ1) is 13.1. The van der Waals surface area contributed by atoms with Crippen molar-refractivity contribution in [2.24, 2.45) is 0 Å². The SMILES string of the molecule is CNC1CCCN(C(=O)c2cc(-c3ccco3)nc3onc(C(C)C)c23)C1. The molecule has 1 saturated heterocycles. The van der Waals surface area contributed by atoms with Gasteiger partial charge in [0.15, 0.2) is 5.76 Å². The highest BCUT2D eigenvalue weighted by Crippen LogP contribution is 2.32. The van der Waals surface area contributed by atoms with Gasteiger partial charge in [-0.1, -0.05) is 19.0 Å². The van der Waals surface area contributed by atoms with Crippen molar-refractivity contribution in [3.8, 4) is 11.5 Å². The number of aromatic nitrogens is 2. The molecule has 0 spiro atoms. The molecule has 142 valence electrons. The molecule has 1 unspecified atom stereocenters. The minimum atomic E-state index is -0.0137. The van der Waals surface area contributed by atoms with E-state index in [2.05, 4.69) is 15.5 Å². The van der Waals surface area contributed by atoms with Gasteiger partial charge in [0, 0.05) is 19.1 Å². The zero-order chi connectivity index (χ0) is 19.0. The fourth-order valence-electron chi connectivity index (χ4n) is 3.65. The van der Waals surface area contributed by atoms with Crippen LogP contribution in [0.1, 0.15) is 48.7 Å². The lowest BCUT2D eigenvalue weighted by Crippen LogP contribution is -2.47. The summed E-state index contributed by atoms with van der Waals surface area (Å²) in [5.74, 6) is 0.709. The molecular weight excluding hydrogens is 344 g/mol. The smallest absolute Gasteiger partial charge is 0.259 e. The monoisotopic (exact) mass is 368 g/mol. The molecule has 4 rings (SSSR count). The summed E-state index contributed by atoms with van der Waals surface area (Å²) in [7, 11) is 1.94. The topological polar surface area (TPSA) is 84.4 Å². The van der Waals surface area contributed by atoms with E-state index in [0.717, 1.165) is 25.1 Å². The van der Waals surface area contributed by atoms with Gasteiger partial charge in [0.05, 0.1) is 22.9 Å². The Balaban J connectivity index is 1.83. The van der Waals surface area contributed by atoms with Crippen molar-refractivity contribution in [2.75, 3.05) is 20.1 Å². The molecule has 0 radical (unpaired) electrons. The van der Waals surface area contributed by atoms with Crippen molar-refractivity contribution in [1.82, 2.24) is 20.4 Å². The van der Waals surface area contributed by atoms with E-state index in [0.29, 0.717) is 40.7 Å². The number of likely N-dealkylation sites (tertiary alicyclic amines) is 1. The molecule has 0 aromatic carbocycles. The van der Waals surface area contributed by atoms with Gasteiger partial charge in [-0.2, -0.15) is 0 Å². The van der Waals surface area contributed by atoms with Crippen molar-refractivity contribution < 1.29 is 13.7 Å². The minimum absolute atomic E-state index is 0.0137. The van der Waals surface area contributed by atoms with Crippen molar-refractivity contribution in [3.63, 3.8) is 0 Å². The average Bonchev–Trinajstić information content (AvgIpc) is 3.36. The maximum atomic E-state index is 13.4. The van der Waals surface area contributed by atoms with Crippen LogP contribution in [0, 0.1) is 0 Å². The molecule has 0 aliphatic carbocycles. The number of carbonyl (C=O) groups excluding carboxylic acids is 1. The number of nitrogens with zero attached hydrogens (tertiary/aromatic N) is 3. The molecule has 0 bridgehead atoms. The van der Waals surface area contributed by atoms with Gasteiger partial charge in [-0.15, -0.1) is 0 Å². The molecule has 1 amide bonds. The predicted molar refractivity (Wildman–Crippen MR) is 102 cm³/mol. The summed E-state index contributed by atoms with van der Waals surface area (Å²) in [6.07, 6.45) is 3.65. The molecule has 1 fully saturated rings. The lowest BCUT2D eigenvalue weighted by atomic mass is 10.00. The lowest BCUT2D eigenvalue weighted by molar-refractivity contribution is 0.0700. The van der Waals surface area contributed by atoms with E-state index in [-0.39, 0.29) is 11.8 Å². The van der Waals surface area contributed by atoms with Crippen LogP contribution in [-0.2, 0) is 0 Å². The first-order valence-electron chi connectivity index (χ1n) is 9.39. The highest BCUT2D eigenvalue weighted by molar-refractivity contribution is 6.07. The predicted octanol–water partition coefficient (Wildman–Crippen LogP) is 3.43. The normalized spacial score (nSPS) is 17.8. The van der Waals surface area contributed by atoms with Crippen LogP contribution in [0.25, 0.3) is 22.6 Å². The van der Waals surface area contributed by atoms with Gasteiger partial charge in [-0.25, -0.2) is 4.98 Å². The Morgan fingerprint density at radius 3 is 2.96 bits per heavy atom. The van der Waals surface area contributed by atoms with Crippen molar-refractivity contribution in [2.45, 2.75) is 38.6 Å². The highest BCUT2D eigenvalue weighted by atomic mass is 16.5. The number of fused-ring (bicyclic) bond motifs is 1. The third-order valence-corrected chi connectivity index (χ3v) is 5.14. The molecule has 7 nitrogen and oxygen atoms in total. The van der Waals surface area contributed by atoms with E-state index < -0.39 is 0 Å². The van der Waals surface area contributed by atoms with Gasteiger partial charge in [0.1, 0.15) is 5.69 Å². The maximum absolute atomic E-state index is 13.4. The first-order valence-corrected chi connectivity index (χ1v) is 9.39. The average molecular weight is 368 g/mol. The van der Waals surface area contributed by atoms with E-state index in [1.54, 1.807) is 18.4 Å². The molecule has 1 aliphatic heterocycles. The molecular formula is C20H24N4O3. The molecule has 4 heterocycles. The molecule has 3 aromatic heterocycles. The summed E-state index contributed by atoms with van der Waals surface area (Å²) in [5, 5.41) is 8.17. The highest BCUT2D eigenvalue weighted by Gasteiger charge is 2.28. The number of nitrogens with one attached hydrogen (secondary N) is 1. The second-order valence-electron chi connectivity index (χ2n) is 7.31. The van der Waals surface area contributed by atoms with E-state index in [9.17, 15) is 4.79 Å². The number of hydrogen-bond acceptors (Lipinski definition) is 6. The van der Waals surface area contributed by atoms with E-state index in [4.69, 9.17) is 8.94 Å². The zero-order valence-corrected chi connectivity index (χ0v) is 15.9. The third kappa shape index (κ3) is 3.23. The van der Waals surface area contributed by atoms with E-state index in [1.807, 2.05) is 31.9 Å². The fraction of sp³-hybridized carbons (Fsp3) is 0.450. The van der Waals surface area contributed by atoms with Crippen LogP contribution in [0.15, 0.2) is 33.4 Å². The van der Waals surface area contributed by atoms with Crippen LogP contribution in [0.2, 0.25) is 0 Å². The molecule has 1 atom stereocenters. The molecule has 1 N–H and O–H groups in total. The number of pyridine rings is 1. The summed E-state index contributed by atoms with van der Waals surface area (Å²) in [6, 6.07) is 5.73. The first kappa shape index (κ1) is 17.7. The quantitative estimate of drug-likeness (QED) is 0.759. The van der Waals surface area contributed by atoms with Crippen LogP contribution < -0.4 is 5.32 Å². The summed E-state index contributed by atoms with van der Waals surface area (Å²) >= 11 is 0. The van der Waals surface area contributed by atoms with Gasteiger partial charge < -0.3 is 19.2 Å². The summed E-state index contributed by atoms with van der Waals surface area (Å²) in [4.78, 5) is 19.9. The van der Waals surface area contributed by atoms with Gasteiger partial charge >= 0.3 is 0 Å². The Kier molecular flexibility index (Phi) is 4.70. The number of furan rings is 1.